The summed E-state index contributed by atoms with van der Waals surface area (Å²) in [7, 11) is 0. The van der Waals surface area contributed by atoms with Gasteiger partial charge in [0.2, 0.25) is 0 Å². The number of nitrogens with zero attached hydrogens (tertiary/aromatic N) is 3. The summed E-state index contributed by atoms with van der Waals surface area (Å²) in [5, 5.41) is 22.5. The molecule has 4 aromatic rings. The SMILES string of the molecule is C[C@H](OCc1ccccc1)[C@@H](NC(=O)c1cn(CCNC(=O)OCC2c3ccccc3-c3ccccc32)nn1)C(=O)O. The molecule has 1 aliphatic carbocycles. The summed E-state index contributed by atoms with van der Waals surface area (Å²) in [6.07, 6.45) is 0.00945. The highest BCUT2D eigenvalue weighted by atomic mass is 16.5. The normalized spacial score (nSPS) is 13.5. The van der Waals surface area contributed by atoms with Crippen LogP contribution in [0.1, 0.15) is 40.0 Å². The van der Waals surface area contributed by atoms with Gasteiger partial charge in [-0.05, 0) is 34.7 Å². The standard InChI is InChI=1S/C31H31N5O6/c1-20(41-18-21-9-3-2-4-10-21)28(30(38)39)33-29(37)27-17-36(35-34-27)16-15-32-31(40)42-19-26-24-13-7-5-11-22(24)23-12-6-8-14-25(23)26/h2-14,17,20,26,28H,15-16,18-19H2,1H3,(H,32,40)(H,33,37)(H,38,39)/t20-,28+/m0/s1. The van der Waals surface area contributed by atoms with E-state index in [2.05, 4.69) is 45.2 Å². The molecule has 2 amide bonds. The van der Waals surface area contributed by atoms with Gasteiger partial charge in [0.1, 0.15) is 6.61 Å². The van der Waals surface area contributed by atoms with E-state index < -0.39 is 30.1 Å². The topological polar surface area (TPSA) is 145 Å². The number of carbonyl (C=O) groups is 3. The molecule has 3 N–H and O–H groups in total. The van der Waals surface area contributed by atoms with E-state index in [1.807, 2.05) is 54.6 Å². The third-order valence-corrected chi connectivity index (χ3v) is 7.10. The Morgan fingerprint density at radius 3 is 2.26 bits per heavy atom. The van der Waals surface area contributed by atoms with E-state index in [0.29, 0.717) is 0 Å². The van der Waals surface area contributed by atoms with Gasteiger partial charge in [-0.25, -0.2) is 14.3 Å². The minimum atomic E-state index is -1.29. The number of fused-ring (bicyclic) bond motifs is 3. The van der Waals surface area contributed by atoms with Gasteiger partial charge in [0.25, 0.3) is 5.91 Å². The maximum atomic E-state index is 12.7. The number of rotatable bonds is 12. The molecule has 11 nitrogen and oxygen atoms in total. The summed E-state index contributed by atoms with van der Waals surface area (Å²) in [5.74, 6) is -1.97. The molecule has 11 heteroatoms. The van der Waals surface area contributed by atoms with Crippen LogP contribution in [0.2, 0.25) is 0 Å². The van der Waals surface area contributed by atoms with Crippen molar-refractivity contribution in [2.24, 2.45) is 0 Å². The number of carboxylic acid groups (broad SMARTS) is 1. The minimum absolute atomic E-state index is 0.0411. The number of ether oxygens (including phenoxy) is 2. The van der Waals surface area contributed by atoms with E-state index in [-0.39, 0.29) is 37.9 Å². The molecule has 1 heterocycles. The lowest BCUT2D eigenvalue weighted by Gasteiger charge is -2.21. The van der Waals surface area contributed by atoms with Crippen molar-refractivity contribution in [1.29, 1.82) is 0 Å². The Morgan fingerprint density at radius 1 is 0.952 bits per heavy atom. The third-order valence-electron chi connectivity index (χ3n) is 7.10. The van der Waals surface area contributed by atoms with Gasteiger partial charge in [0.15, 0.2) is 11.7 Å². The fourth-order valence-electron chi connectivity index (χ4n) is 4.93. The van der Waals surface area contributed by atoms with Crippen LogP contribution >= 0.6 is 0 Å². The van der Waals surface area contributed by atoms with Crippen LogP contribution in [0.4, 0.5) is 4.79 Å². The Labute approximate surface area is 242 Å². The smallest absolute Gasteiger partial charge is 0.407 e. The number of hydrogen-bond acceptors (Lipinski definition) is 7. The first-order valence-corrected chi connectivity index (χ1v) is 13.6. The summed E-state index contributed by atoms with van der Waals surface area (Å²) in [6.45, 7) is 2.39. The largest absolute Gasteiger partial charge is 0.480 e. The van der Waals surface area contributed by atoms with E-state index in [9.17, 15) is 19.5 Å². The molecule has 1 aliphatic rings. The van der Waals surface area contributed by atoms with Crippen molar-refractivity contribution in [1.82, 2.24) is 25.6 Å². The average Bonchev–Trinajstić information content (AvgIpc) is 3.61. The maximum Gasteiger partial charge on any atom is 0.407 e. The number of alkyl carbamates (subject to hydrolysis) is 1. The van der Waals surface area contributed by atoms with Crippen LogP contribution < -0.4 is 10.6 Å². The van der Waals surface area contributed by atoms with Crippen molar-refractivity contribution < 1.29 is 29.0 Å². The molecular weight excluding hydrogens is 538 g/mol. The first kappa shape index (κ1) is 28.5. The minimum Gasteiger partial charge on any atom is -0.480 e. The highest BCUT2D eigenvalue weighted by Gasteiger charge is 2.30. The van der Waals surface area contributed by atoms with Gasteiger partial charge >= 0.3 is 12.1 Å². The Morgan fingerprint density at radius 2 is 1.60 bits per heavy atom. The number of amides is 2. The molecule has 5 rings (SSSR count). The highest BCUT2D eigenvalue weighted by Crippen LogP contribution is 2.44. The van der Waals surface area contributed by atoms with Crippen molar-refractivity contribution in [3.63, 3.8) is 0 Å². The zero-order chi connectivity index (χ0) is 29.5. The fourth-order valence-corrected chi connectivity index (χ4v) is 4.93. The van der Waals surface area contributed by atoms with E-state index in [1.165, 1.54) is 10.9 Å². The molecule has 2 atom stereocenters. The number of benzene rings is 3. The molecular formula is C31H31N5O6. The van der Waals surface area contributed by atoms with Crippen LogP contribution in [0.5, 0.6) is 0 Å². The fraction of sp³-hybridized carbons (Fsp3) is 0.258. The molecule has 0 saturated carbocycles. The van der Waals surface area contributed by atoms with Crippen LogP contribution in [0.3, 0.4) is 0 Å². The summed E-state index contributed by atoms with van der Waals surface area (Å²) in [5.41, 5.74) is 5.38. The van der Waals surface area contributed by atoms with Gasteiger partial charge in [0.05, 0.1) is 25.5 Å². The molecule has 0 radical (unpaired) electrons. The van der Waals surface area contributed by atoms with Crippen LogP contribution in [-0.2, 0) is 27.4 Å². The Bertz CT molecular complexity index is 1510. The Kier molecular flexibility index (Phi) is 8.88. The molecule has 0 unspecified atom stereocenters. The van der Waals surface area contributed by atoms with E-state index >= 15 is 0 Å². The first-order valence-electron chi connectivity index (χ1n) is 13.6. The summed E-state index contributed by atoms with van der Waals surface area (Å²) in [4.78, 5) is 36.9. The second kappa shape index (κ2) is 13.1. The zero-order valence-corrected chi connectivity index (χ0v) is 23.0. The Balaban J connectivity index is 1.08. The average molecular weight is 570 g/mol. The van der Waals surface area contributed by atoms with Crippen LogP contribution in [0, 0.1) is 0 Å². The predicted molar refractivity (Wildman–Crippen MR) is 153 cm³/mol. The molecule has 42 heavy (non-hydrogen) atoms. The summed E-state index contributed by atoms with van der Waals surface area (Å²) in [6, 6.07) is 24.2. The second-order valence-electron chi connectivity index (χ2n) is 9.91. The van der Waals surface area contributed by atoms with Crippen molar-refractivity contribution in [2.45, 2.75) is 38.1 Å². The van der Waals surface area contributed by atoms with Crippen molar-refractivity contribution in [3.05, 3.63) is 107 Å². The number of nitrogens with one attached hydrogen (secondary N) is 2. The first-order chi connectivity index (χ1) is 20.4. The van der Waals surface area contributed by atoms with Crippen molar-refractivity contribution >= 4 is 18.0 Å². The predicted octanol–water partition coefficient (Wildman–Crippen LogP) is 3.61. The number of aliphatic carboxylic acids is 1. The maximum absolute atomic E-state index is 12.7. The molecule has 216 valence electrons. The molecule has 0 spiro atoms. The zero-order valence-electron chi connectivity index (χ0n) is 23.0. The molecule has 0 aliphatic heterocycles. The van der Waals surface area contributed by atoms with Gasteiger partial charge < -0.3 is 25.2 Å². The van der Waals surface area contributed by atoms with Crippen molar-refractivity contribution in [2.75, 3.05) is 13.2 Å². The lowest BCUT2D eigenvalue weighted by molar-refractivity contribution is -0.143. The molecule has 0 saturated heterocycles. The van der Waals surface area contributed by atoms with Crippen molar-refractivity contribution in [3.8, 4) is 11.1 Å². The molecule has 3 aromatic carbocycles. The number of aromatic nitrogens is 3. The van der Waals surface area contributed by atoms with E-state index in [0.717, 1.165) is 27.8 Å². The lowest BCUT2D eigenvalue weighted by atomic mass is 9.98. The Hall–Kier alpha value is -5.03. The van der Waals surface area contributed by atoms with Gasteiger partial charge in [-0.15, -0.1) is 5.10 Å². The summed E-state index contributed by atoms with van der Waals surface area (Å²) >= 11 is 0. The number of hydrogen-bond donors (Lipinski definition) is 3. The van der Waals surface area contributed by atoms with E-state index in [1.54, 1.807) is 6.92 Å². The second-order valence-corrected chi connectivity index (χ2v) is 9.91. The van der Waals surface area contributed by atoms with Crippen LogP contribution in [-0.4, -0.2) is 63.4 Å². The monoisotopic (exact) mass is 569 g/mol. The van der Waals surface area contributed by atoms with Crippen LogP contribution in [0.15, 0.2) is 85.1 Å². The molecule has 0 fully saturated rings. The van der Waals surface area contributed by atoms with Crippen LogP contribution in [0.25, 0.3) is 11.1 Å². The van der Waals surface area contributed by atoms with Gasteiger partial charge in [-0.2, -0.15) is 0 Å². The number of carboxylic acids is 1. The van der Waals surface area contributed by atoms with Gasteiger partial charge in [-0.3, -0.25) is 4.79 Å². The third kappa shape index (κ3) is 6.64. The van der Waals surface area contributed by atoms with Gasteiger partial charge in [0, 0.05) is 12.5 Å². The number of carbonyl (C=O) groups excluding carboxylic acids is 2. The molecule has 1 aromatic heterocycles. The molecule has 0 bridgehead atoms. The highest BCUT2D eigenvalue weighted by molar-refractivity contribution is 5.94. The van der Waals surface area contributed by atoms with Gasteiger partial charge in [-0.1, -0.05) is 84.1 Å². The summed E-state index contributed by atoms with van der Waals surface area (Å²) < 4.78 is 12.6. The lowest BCUT2D eigenvalue weighted by Crippen LogP contribution is -2.48. The van der Waals surface area contributed by atoms with E-state index in [4.69, 9.17) is 9.47 Å². The quantitative estimate of drug-likeness (QED) is 0.235.